The fourth-order valence-corrected chi connectivity index (χ4v) is 2.76. The van der Waals surface area contributed by atoms with Crippen molar-refractivity contribution in [1.29, 1.82) is 0 Å². The van der Waals surface area contributed by atoms with Crippen LogP contribution in [0.15, 0.2) is 36.4 Å². The molecule has 2 rings (SSSR count). The Hall–Kier alpha value is -1.42. The predicted molar refractivity (Wildman–Crippen MR) is 112 cm³/mol. The van der Waals surface area contributed by atoms with Gasteiger partial charge in [0.1, 0.15) is 6.61 Å². The first-order valence-electron chi connectivity index (χ1n) is 8.83. The second-order valence-electron chi connectivity index (χ2n) is 6.64. The zero-order chi connectivity index (χ0) is 18.2. The highest BCUT2D eigenvalue weighted by Crippen LogP contribution is 2.37. The van der Waals surface area contributed by atoms with Gasteiger partial charge in [-0.2, -0.15) is 0 Å². The minimum atomic E-state index is 0. The number of rotatable bonds is 9. The predicted octanol–water partition coefficient (Wildman–Crippen LogP) is 5.79. The second kappa shape index (κ2) is 11.3. The van der Waals surface area contributed by atoms with Gasteiger partial charge in [0, 0.05) is 6.54 Å². The van der Waals surface area contributed by atoms with E-state index in [2.05, 4.69) is 50.4 Å². The van der Waals surface area contributed by atoms with E-state index in [-0.39, 0.29) is 12.4 Å². The zero-order valence-corrected chi connectivity index (χ0v) is 17.5. The first kappa shape index (κ1) is 22.6. The number of hydrogen-bond donors (Lipinski definition) is 1. The molecular formula is C21H29Cl2NO2. The van der Waals surface area contributed by atoms with E-state index in [9.17, 15) is 0 Å². The van der Waals surface area contributed by atoms with Gasteiger partial charge in [-0.25, -0.2) is 0 Å². The number of halogens is 2. The van der Waals surface area contributed by atoms with E-state index in [1.807, 2.05) is 19.1 Å². The summed E-state index contributed by atoms with van der Waals surface area (Å²) in [6.45, 7) is 11.2. The Morgan fingerprint density at radius 1 is 1.04 bits per heavy atom. The van der Waals surface area contributed by atoms with E-state index in [0.717, 1.165) is 24.2 Å². The fourth-order valence-electron chi connectivity index (χ4n) is 2.47. The van der Waals surface area contributed by atoms with Gasteiger partial charge in [0.15, 0.2) is 11.5 Å². The second-order valence-corrected chi connectivity index (χ2v) is 7.04. The molecule has 0 aliphatic carbocycles. The number of nitrogens with one attached hydrogen (secondary N) is 1. The highest BCUT2D eigenvalue weighted by molar-refractivity contribution is 6.32. The Bertz CT molecular complexity index is 672. The summed E-state index contributed by atoms with van der Waals surface area (Å²) in [6, 6.07) is 12.2. The number of aryl methyl sites for hydroxylation is 1. The molecule has 0 aromatic heterocycles. The number of ether oxygens (including phenoxy) is 2. The van der Waals surface area contributed by atoms with Crippen molar-refractivity contribution in [2.75, 3.05) is 13.2 Å². The summed E-state index contributed by atoms with van der Waals surface area (Å²) in [5.41, 5.74) is 3.43. The van der Waals surface area contributed by atoms with Crippen LogP contribution in [0.2, 0.25) is 5.02 Å². The van der Waals surface area contributed by atoms with Crippen molar-refractivity contribution >= 4 is 24.0 Å². The van der Waals surface area contributed by atoms with Crippen molar-refractivity contribution in [2.45, 2.75) is 40.8 Å². The lowest BCUT2D eigenvalue weighted by atomic mass is 10.1. The molecule has 0 heterocycles. The molecule has 5 heteroatoms. The van der Waals surface area contributed by atoms with Gasteiger partial charge >= 0.3 is 0 Å². The Kier molecular flexibility index (Phi) is 9.85. The maximum absolute atomic E-state index is 6.47. The van der Waals surface area contributed by atoms with Crippen molar-refractivity contribution in [3.8, 4) is 11.5 Å². The maximum Gasteiger partial charge on any atom is 0.180 e. The van der Waals surface area contributed by atoms with Crippen molar-refractivity contribution in [3.05, 3.63) is 58.1 Å². The molecular weight excluding hydrogens is 369 g/mol. The Labute approximate surface area is 168 Å². The van der Waals surface area contributed by atoms with Gasteiger partial charge in [-0.3, -0.25) is 0 Å². The van der Waals surface area contributed by atoms with Crippen LogP contribution in [-0.4, -0.2) is 13.2 Å². The van der Waals surface area contributed by atoms with Crippen LogP contribution in [-0.2, 0) is 13.2 Å². The van der Waals surface area contributed by atoms with Crippen molar-refractivity contribution in [2.24, 2.45) is 5.92 Å². The van der Waals surface area contributed by atoms with E-state index < -0.39 is 0 Å². The third-order valence-corrected chi connectivity index (χ3v) is 4.04. The first-order valence-corrected chi connectivity index (χ1v) is 9.21. The van der Waals surface area contributed by atoms with Gasteiger partial charge < -0.3 is 14.8 Å². The first-order chi connectivity index (χ1) is 12.0. The van der Waals surface area contributed by atoms with Crippen LogP contribution >= 0.6 is 24.0 Å². The van der Waals surface area contributed by atoms with Gasteiger partial charge in [0.2, 0.25) is 0 Å². The van der Waals surface area contributed by atoms with Gasteiger partial charge in [0.25, 0.3) is 0 Å². The van der Waals surface area contributed by atoms with Crippen LogP contribution in [0.5, 0.6) is 11.5 Å². The highest BCUT2D eigenvalue weighted by Gasteiger charge is 2.13. The molecule has 144 valence electrons. The third-order valence-electron chi connectivity index (χ3n) is 3.75. The van der Waals surface area contributed by atoms with E-state index in [4.69, 9.17) is 21.1 Å². The smallest absolute Gasteiger partial charge is 0.180 e. The molecule has 0 saturated carbocycles. The van der Waals surface area contributed by atoms with Crippen LogP contribution in [0.4, 0.5) is 0 Å². The lowest BCUT2D eigenvalue weighted by molar-refractivity contribution is 0.269. The largest absolute Gasteiger partial charge is 0.490 e. The number of benzene rings is 2. The lowest BCUT2D eigenvalue weighted by Crippen LogP contribution is -2.19. The average Bonchev–Trinajstić information content (AvgIpc) is 2.55. The maximum atomic E-state index is 6.47. The molecule has 0 saturated heterocycles. The molecule has 3 nitrogen and oxygen atoms in total. The summed E-state index contributed by atoms with van der Waals surface area (Å²) in [5.74, 6) is 1.92. The van der Waals surface area contributed by atoms with Crippen LogP contribution in [0.25, 0.3) is 0 Å². The summed E-state index contributed by atoms with van der Waals surface area (Å²) in [4.78, 5) is 0. The average molecular weight is 398 g/mol. The molecule has 0 aliphatic rings. The highest BCUT2D eigenvalue weighted by atomic mass is 35.5. The molecule has 26 heavy (non-hydrogen) atoms. The van der Waals surface area contributed by atoms with Gasteiger partial charge in [-0.1, -0.05) is 55.3 Å². The summed E-state index contributed by atoms with van der Waals surface area (Å²) < 4.78 is 11.7. The molecule has 0 amide bonds. The van der Waals surface area contributed by atoms with Crippen molar-refractivity contribution in [3.63, 3.8) is 0 Å². The van der Waals surface area contributed by atoms with Crippen molar-refractivity contribution < 1.29 is 9.47 Å². The Morgan fingerprint density at radius 2 is 1.73 bits per heavy atom. The Balaban J connectivity index is 0.00000338. The van der Waals surface area contributed by atoms with E-state index in [1.54, 1.807) is 0 Å². The quantitative estimate of drug-likeness (QED) is 0.580. The molecule has 0 fully saturated rings. The normalized spacial score (nSPS) is 10.5. The van der Waals surface area contributed by atoms with Gasteiger partial charge in [-0.05, 0) is 49.6 Å². The van der Waals surface area contributed by atoms with Crippen LogP contribution in [0.3, 0.4) is 0 Å². The minimum Gasteiger partial charge on any atom is -0.490 e. The molecule has 0 aliphatic heterocycles. The van der Waals surface area contributed by atoms with Crippen LogP contribution < -0.4 is 14.8 Å². The third kappa shape index (κ3) is 7.06. The number of hydrogen-bond acceptors (Lipinski definition) is 3. The molecule has 1 N–H and O–H groups in total. The van der Waals surface area contributed by atoms with Crippen LogP contribution in [0, 0.1) is 12.8 Å². The summed E-state index contributed by atoms with van der Waals surface area (Å²) in [5, 5.41) is 4.01. The SMILES string of the molecule is CCOc1cc(CNCC(C)C)cc(Cl)c1OCc1ccc(C)cc1.Cl. The molecule has 2 aromatic carbocycles. The molecule has 2 aromatic rings. The molecule has 0 unspecified atom stereocenters. The summed E-state index contributed by atoms with van der Waals surface area (Å²) in [6.07, 6.45) is 0. The van der Waals surface area contributed by atoms with Gasteiger partial charge in [0.05, 0.1) is 11.6 Å². The molecule has 0 bridgehead atoms. The summed E-state index contributed by atoms with van der Waals surface area (Å²) in [7, 11) is 0. The van der Waals surface area contributed by atoms with Crippen LogP contribution in [0.1, 0.15) is 37.5 Å². The summed E-state index contributed by atoms with van der Waals surface area (Å²) >= 11 is 6.47. The lowest BCUT2D eigenvalue weighted by Gasteiger charge is -2.16. The standard InChI is InChI=1S/C21H28ClNO2.ClH/c1-5-24-20-11-18(13-23-12-15(2)3)10-19(22)21(20)25-14-17-8-6-16(4)7-9-17;/h6-11,15,23H,5,12-14H2,1-4H3;1H. The van der Waals surface area contributed by atoms with E-state index in [0.29, 0.717) is 35.7 Å². The topological polar surface area (TPSA) is 30.5 Å². The Morgan fingerprint density at radius 3 is 2.35 bits per heavy atom. The molecule has 0 radical (unpaired) electrons. The fraction of sp³-hybridized carbons (Fsp3) is 0.429. The monoisotopic (exact) mass is 397 g/mol. The molecule has 0 atom stereocenters. The molecule has 0 spiro atoms. The van der Waals surface area contributed by atoms with Gasteiger partial charge in [-0.15, -0.1) is 12.4 Å². The van der Waals surface area contributed by atoms with Crippen molar-refractivity contribution in [1.82, 2.24) is 5.32 Å². The van der Waals surface area contributed by atoms with E-state index >= 15 is 0 Å². The zero-order valence-electron chi connectivity index (χ0n) is 16.0. The minimum absolute atomic E-state index is 0. The van der Waals surface area contributed by atoms with E-state index in [1.165, 1.54) is 5.56 Å².